The fraction of sp³-hybridized carbons (Fsp3) is 0. The first-order valence-corrected chi connectivity index (χ1v) is 8.52. The van der Waals surface area contributed by atoms with E-state index in [1.807, 2.05) is 28.1 Å². The highest BCUT2D eigenvalue weighted by molar-refractivity contribution is 7.13. The zero-order valence-corrected chi connectivity index (χ0v) is 13.4. The van der Waals surface area contributed by atoms with Crippen LogP contribution in [0.1, 0.15) is 0 Å². The van der Waals surface area contributed by atoms with Crippen molar-refractivity contribution in [3.05, 3.63) is 72.2 Å². The number of hydrogen-bond acceptors (Lipinski definition) is 4. The molecule has 0 spiro atoms. The highest BCUT2D eigenvalue weighted by Crippen LogP contribution is 2.29. The summed E-state index contributed by atoms with van der Waals surface area (Å²) in [6.45, 7) is 0. The van der Waals surface area contributed by atoms with Gasteiger partial charge in [-0.25, -0.2) is 4.98 Å². The lowest BCUT2D eigenvalue weighted by atomic mass is 10.0. The molecule has 24 heavy (non-hydrogen) atoms. The zero-order chi connectivity index (χ0) is 15.9. The fourth-order valence-corrected chi connectivity index (χ4v) is 3.61. The van der Waals surface area contributed by atoms with Gasteiger partial charge in [-0.15, -0.1) is 16.4 Å². The molecule has 0 aliphatic rings. The maximum absolute atomic E-state index is 4.69. The van der Waals surface area contributed by atoms with E-state index in [4.69, 9.17) is 5.10 Å². The lowest BCUT2D eigenvalue weighted by Gasteiger charge is -2.07. The van der Waals surface area contributed by atoms with Crippen molar-refractivity contribution in [3.8, 4) is 22.0 Å². The standard InChI is InChI=1S/C19H12N4S/c1-2-7-14-13(5-1)6-3-8-15(14)16-10-11-20-19-21-18(22-23(16)19)17-9-4-12-24-17/h1-12H. The monoisotopic (exact) mass is 328 g/mol. The van der Waals surface area contributed by atoms with E-state index in [1.54, 1.807) is 17.5 Å². The molecule has 5 heteroatoms. The zero-order valence-electron chi connectivity index (χ0n) is 12.6. The number of rotatable bonds is 2. The van der Waals surface area contributed by atoms with Gasteiger partial charge in [-0.2, -0.15) is 9.50 Å². The van der Waals surface area contributed by atoms with Crippen LogP contribution in [0.3, 0.4) is 0 Å². The van der Waals surface area contributed by atoms with Gasteiger partial charge in [0.05, 0.1) is 10.6 Å². The van der Waals surface area contributed by atoms with E-state index in [1.165, 1.54) is 10.8 Å². The summed E-state index contributed by atoms with van der Waals surface area (Å²) in [5, 5.41) is 9.12. The van der Waals surface area contributed by atoms with Gasteiger partial charge in [0.25, 0.3) is 5.78 Å². The van der Waals surface area contributed by atoms with E-state index in [2.05, 4.69) is 52.4 Å². The van der Waals surface area contributed by atoms with Crippen LogP contribution in [0, 0.1) is 0 Å². The van der Waals surface area contributed by atoms with Crippen molar-refractivity contribution in [3.63, 3.8) is 0 Å². The molecule has 0 aliphatic carbocycles. The van der Waals surface area contributed by atoms with Gasteiger partial charge in [0.1, 0.15) is 0 Å². The smallest absolute Gasteiger partial charge is 0.220 e. The normalized spacial score (nSPS) is 11.3. The van der Waals surface area contributed by atoms with Crippen molar-refractivity contribution in [2.24, 2.45) is 0 Å². The van der Waals surface area contributed by atoms with E-state index in [0.717, 1.165) is 16.1 Å². The van der Waals surface area contributed by atoms with E-state index in [0.29, 0.717) is 11.6 Å². The minimum atomic E-state index is 0.615. The first-order chi connectivity index (χ1) is 11.9. The van der Waals surface area contributed by atoms with Gasteiger partial charge < -0.3 is 0 Å². The van der Waals surface area contributed by atoms with Crippen LogP contribution in [0.5, 0.6) is 0 Å². The molecule has 0 atom stereocenters. The Morgan fingerprint density at radius 3 is 2.71 bits per heavy atom. The summed E-state index contributed by atoms with van der Waals surface area (Å²) in [7, 11) is 0. The van der Waals surface area contributed by atoms with Gasteiger partial charge in [0.2, 0.25) is 0 Å². The van der Waals surface area contributed by atoms with Crippen LogP contribution in [0.25, 0.3) is 38.5 Å². The summed E-state index contributed by atoms with van der Waals surface area (Å²) in [6.07, 6.45) is 1.79. The predicted molar refractivity (Wildman–Crippen MR) is 97.0 cm³/mol. The summed E-state index contributed by atoms with van der Waals surface area (Å²) in [6, 6.07) is 20.7. The average Bonchev–Trinajstić information content (AvgIpc) is 3.30. The van der Waals surface area contributed by atoms with Gasteiger partial charge in [-0.1, -0.05) is 48.5 Å². The predicted octanol–water partition coefficient (Wildman–Crippen LogP) is 4.67. The fourth-order valence-electron chi connectivity index (χ4n) is 2.96. The van der Waals surface area contributed by atoms with Crippen LogP contribution in [0.15, 0.2) is 72.2 Å². The molecule has 0 radical (unpaired) electrons. The first kappa shape index (κ1) is 13.4. The second kappa shape index (κ2) is 5.25. The second-order valence-electron chi connectivity index (χ2n) is 5.48. The third kappa shape index (κ3) is 2.02. The Labute approximate surface area is 142 Å². The molecular weight excluding hydrogens is 316 g/mol. The Balaban J connectivity index is 1.80. The van der Waals surface area contributed by atoms with Gasteiger partial charge in [-0.05, 0) is 28.3 Å². The molecule has 3 heterocycles. The third-order valence-corrected chi connectivity index (χ3v) is 4.91. The van der Waals surface area contributed by atoms with Crippen molar-refractivity contribution in [1.82, 2.24) is 19.6 Å². The SMILES string of the molecule is c1csc(-c2nc3nccc(-c4cccc5ccccc45)n3n2)c1. The van der Waals surface area contributed by atoms with Crippen molar-refractivity contribution in [2.45, 2.75) is 0 Å². The van der Waals surface area contributed by atoms with Crippen LogP contribution in [0.2, 0.25) is 0 Å². The molecule has 0 unspecified atom stereocenters. The minimum Gasteiger partial charge on any atom is -0.220 e. The molecule has 114 valence electrons. The summed E-state index contributed by atoms with van der Waals surface area (Å²) < 4.78 is 1.83. The average molecular weight is 328 g/mol. The van der Waals surface area contributed by atoms with Crippen LogP contribution < -0.4 is 0 Å². The van der Waals surface area contributed by atoms with E-state index >= 15 is 0 Å². The van der Waals surface area contributed by atoms with Gasteiger partial charge >= 0.3 is 0 Å². The topological polar surface area (TPSA) is 43.1 Å². The molecule has 0 amide bonds. The number of aromatic nitrogens is 4. The molecule has 0 aliphatic heterocycles. The number of thiophene rings is 1. The molecule has 5 rings (SSSR count). The molecule has 0 saturated carbocycles. The summed E-state index contributed by atoms with van der Waals surface area (Å²) >= 11 is 1.63. The van der Waals surface area contributed by atoms with Crippen molar-refractivity contribution in [2.75, 3.05) is 0 Å². The van der Waals surface area contributed by atoms with Crippen LogP contribution >= 0.6 is 11.3 Å². The Hall–Kier alpha value is -3.05. The molecule has 0 N–H and O–H groups in total. The maximum Gasteiger partial charge on any atom is 0.253 e. The number of benzene rings is 2. The van der Waals surface area contributed by atoms with Crippen molar-refractivity contribution in [1.29, 1.82) is 0 Å². The van der Waals surface area contributed by atoms with Gasteiger partial charge in [-0.3, -0.25) is 0 Å². The molecule has 2 aromatic carbocycles. The largest absolute Gasteiger partial charge is 0.253 e. The molecule has 5 aromatic rings. The quantitative estimate of drug-likeness (QED) is 0.473. The minimum absolute atomic E-state index is 0.615. The first-order valence-electron chi connectivity index (χ1n) is 7.64. The molecular formula is C19H12N4S. The van der Waals surface area contributed by atoms with Crippen LogP contribution in [-0.4, -0.2) is 19.6 Å². The molecule has 0 fully saturated rings. The number of fused-ring (bicyclic) bond motifs is 2. The summed E-state index contributed by atoms with van der Waals surface area (Å²) in [5.41, 5.74) is 2.12. The highest BCUT2D eigenvalue weighted by Gasteiger charge is 2.13. The molecule has 3 aromatic heterocycles. The summed E-state index contributed by atoms with van der Waals surface area (Å²) in [4.78, 5) is 9.99. The summed E-state index contributed by atoms with van der Waals surface area (Å²) in [5.74, 6) is 1.33. The third-order valence-electron chi connectivity index (χ3n) is 4.05. The maximum atomic E-state index is 4.69. The van der Waals surface area contributed by atoms with E-state index < -0.39 is 0 Å². The Bertz CT molecular complexity index is 1150. The van der Waals surface area contributed by atoms with Crippen LogP contribution in [0.4, 0.5) is 0 Å². The lowest BCUT2D eigenvalue weighted by Crippen LogP contribution is -1.96. The van der Waals surface area contributed by atoms with E-state index in [9.17, 15) is 0 Å². The second-order valence-corrected chi connectivity index (χ2v) is 6.43. The molecule has 0 saturated heterocycles. The van der Waals surface area contributed by atoms with Crippen molar-refractivity contribution < 1.29 is 0 Å². The Morgan fingerprint density at radius 2 is 1.79 bits per heavy atom. The van der Waals surface area contributed by atoms with Crippen molar-refractivity contribution >= 4 is 27.9 Å². The molecule has 4 nitrogen and oxygen atoms in total. The van der Waals surface area contributed by atoms with Crippen LogP contribution in [-0.2, 0) is 0 Å². The Morgan fingerprint density at radius 1 is 0.875 bits per heavy atom. The highest BCUT2D eigenvalue weighted by atomic mass is 32.1. The van der Waals surface area contributed by atoms with Gasteiger partial charge in [0.15, 0.2) is 5.82 Å². The number of nitrogens with zero attached hydrogens (tertiary/aromatic N) is 4. The Kier molecular flexibility index (Phi) is 2.93. The molecule has 0 bridgehead atoms. The van der Waals surface area contributed by atoms with Gasteiger partial charge in [0, 0.05) is 11.8 Å². The van der Waals surface area contributed by atoms with E-state index in [-0.39, 0.29) is 0 Å². The lowest BCUT2D eigenvalue weighted by molar-refractivity contribution is 0.953. The number of hydrogen-bond donors (Lipinski definition) is 0.